The Bertz CT molecular complexity index is 1190. The van der Waals surface area contributed by atoms with Crippen molar-refractivity contribution in [2.45, 2.75) is 32.2 Å². The highest BCUT2D eigenvalue weighted by atomic mass is 19.4. The van der Waals surface area contributed by atoms with Gasteiger partial charge < -0.3 is 20.7 Å². The highest BCUT2D eigenvalue weighted by molar-refractivity contribution is 6.06. The molecule has 0 bridgehead atoms. The van der Waals surface area contributed by atoms with Crippen molar-refractivity contribution < 1.29 is 31.9 Å². The van der Waals surface area contributed by atoms with Crippen LogP contribution in [0.2, 0.25) is 0 Å². The number of alkyl halides is 3. The van der Waals surface area contributed by atoms with E-state index in [4.69, 9.17) is 5.73 Å². The minimum atomic E-state index is -5.12. The van der Waals surface area contributed by atoms with Crippen LogP contribution in [-0.4, -0.2) is 48.9 Å². The molecule has 2 aromatic rings. The highest BCUT2D eigenvalue weighted by Crippen LogP contribution is 2.38. The van der Waals surface area contributed by atoms with E-state index in [1.807, 2.05) is 13.8 Å². The van der Waals surface area contributed by atoms with Gasteiger partial charge in [-0.15, -0.1) is 13.2 Å². The summed E-state index contributed by atoms with van der Waals surface area (Å²) in [7, 11) is 1.52. The summed E-state index contributed by atoms with van der Waals surface area (Å²) >= 11 is 0. The van der Waals surface area contributed by atoms with Crippen LogP contribution in [0.5, 0.6) is 5.75 Å². The number of nitrogens with zero attached hydrogens (tertiary/aromatic N) is 2. The molecule has 2 atom stereocenters. The Morgan fingerprint density at radius 1 is 1.25 bits per heavy atom. The van der Waals surface area contributed by atoms with E-state index in [9.17, 15) is 27.2 Å². The molecule has 1 aliphatic rings. The lowest BCUT2D eigenvalue weighted by Crippen LogP contribution is -2.53. The van der Waals surface area contributed by atoms with Gasteiger partial charge in [-0.1, -0.05) is 32.0 Å². The van der Waals surface area contributed by atoms with Crippen LogP contribution in [0, 0.1) is 11.7 Å². The first-order chi connectivity index (χ1) is 17.0. The van der Waals surface area contributed by atoms with Crippen molar-refractivity contribution in [3.05, 3.63) is 71.2 Å². The fourth-order valence-electron chi connectivity index (χ4n) is 4.21. The van der Waals surface area contributed by atoms with Gasteiger partial charge >= 0.3 is 6.36 Å². The fourth-order valence-corrected chi connectivity index (χ4v) is 4.21. The molecule has 0 fully saturated rings. The number of hydrogen-bond acceptors (Lipinski definition) is 5. The van der Waals surface area contributed by atoms with Crippen molar-refractivity contribution >= 4 is 23.7 Å². The lowest BCUT2D eigenvalue weighted by atomic mass is 9.79. The van der Waals surface area contributed by atoms with Crippen molar-refractivity contribution in [2.24, 2.45) is 16.6 Å². The molecule has 2 amide bonds. The number of hydrogen-bond donors (Lipinski definition) is 2. The summed E-state index contributed by atoms with van der Waals surface area (Å²) in [4.78, 5) is 32.7. The first kappa shape index (κ1) is 26.7. The van der Waals surface area contributed by atoms with Crippen molar-refractivity contribution in [3.63, 3.8) is 0 Å². The van der Waals surface area contributed by atoms with E-state index in [-0.39, 0.29) is 17.5 Å². The molecule has 0 aliphatic carbocycles. The maximum Gasteiger partial charge on any atom is 0.573 e. The monoisotopic (exact) mass is 506 g/mol. The minimum absolute atomic E-state index is 0.0437. The molecule has 11 heteroatoms. The molecular formula is C25H26F4N4O3. The van der Waals surface area contributed by atoms with E-state index in [1.54, 1.807) is 29.2 Å². The fraction of sp³-hybridized carbons (Fsp3) is 0.320. The summed E-state index contributed by atoms with van der Waals surface area (Å²) in [5.41, 5.74) is 6.89. The molecule has 1 aliphatic heterocycles. The third-order valence-corrected chi connectivity index (χ3v) is 5.52. The number of rotatable bonds is 7. The highest BCUT2D eigenvalue weighted by Gasteiger charge is 2.45. The molecule has 0 spiro atoms. The van der Waals surface area contributed by atoms with Crippen LogP contribution in [0.15, 0.2) is 59.2 Å². The standard InChI is InChI=1S/C25H26F4N4O3/c1-14(2)13-33-22(15(11-30)12-31-3)21(17-6-4-5-7-18(17)24(33)35)23(34)32-16-8-9-19(26)20(10-16)36-25(27,28)29/h4-12,14,21-22H,13,30H2,1-3H3,(H,32,34)/t21-,22+/m1/s1. The van der Waals surface area contributed by atoms with Crippen LogP contribution < -0.4 is 15.8 Å². The normalized spacial score (nSPS) is 18.5. The average molecular weight is 507 g/mol. The Kier molecular flexibility index (Phi) is 8.01. The van der Waals surface area contributed by atoms with E-state index in [2.05, 4.69) is 15.0 Å². The first-order valence-electron chi connectivity index (χ1n) is 11.1. The molecule has 0 saturated heterocycles. The zero-order valence-corrected chi connectivity index (χ0v) is 19.8. The summed E-state index contributed by atoms with van der Waals surface area (Å²) in [5.74, 6) is -4.21. The van der Waals surface area contributed by atoms with E-state index in [0.29, 0.717) is 23.2 Å². The maximum atomic E-state index is 13.9. The van der Waals surface area contributed by atoms with Gasteiger partial charge in [0.05, 0.1) is 12.0 Å². The Labute approximate surface area is 205 Å². The molecule has 0 saturated carbocycles. The Morgan fingerprint density at radius 3 is 2.56 bits per heavy atom. The SMILES string of the molecule is CN=CC(=CN)[C@H]1[C@H](C(=O)Nc2ccc(F)c(OC(F)(F)F)c2)c2ccccc2C(=O)N1CC(C)C. The van der Waals surface area contributed by atoms with Crippen LogP contribution in [0.25, 0.3) is 0 Å². The molecule has 36 heavy (non-hydrogen) atoms. The number of carbonyl (C=O) groups excluding carboxylic acids is 2. The van der Waals surface area contributed by atoms with E-state index >= 15 is 0 Å². The van der Waals surface area contributed by atoms with Crippen LogP contribution in [0.4, 0.5) is 23.2 Å². The predicted octanol–water partition coefficient (Wildman–Crippen LogP) is 4.47. The Morgan fingerprint density at radius 2 is 1.94 bits per heavy atom. The van der Waals surface area contributed by atoms with E-state index in [1.165, 1.54) is 19.5 Å². The molecule has 0 radical (unpaired) electrons. The predicted molar refractivity (Wildman–Crippen MR) is 127 cm³/mol. The van der Waals surface area contributed by atoms with Gasteiger partial charge in [0.15, 0.2) is 11.6 Å². The second kappa shape index (κ2) is 10.8. The van der Waals surface area contributed by atoms with Crippen molar-refractivity contribution in [1.82, 2.24) is 4.90 Å². The lowest BCUT2D eigenvalue weighted by Gasteiger charge is -2.42. The summed E-state index contributed by atoms with van der Waals surface area (Å²) in [6.45, 7) is 4.14. The summed E-state index contributed by atoms with van der Waals surface area (Å²) in [6, 6.07) is 8.36. The number of amides is 2. The zero-order chi connectivity index (χ0) is 26.6. The second-order valence-electron chi connectivity index (χ2n) is 8.60. The van der Waals surface area contributed by atoms with Gasteiger partial charge in [-0.05, 0) is 29.7 Å². The molecule has 0 unspecified atom stereocenters. The van der Waals surface area contributed by atoms with Gasteiger partial charge in [-0.25, -0.2) is 4.39 Å². The quantitative estimate of drug-likeness (QED) is 0.428. The number of nitrogens with two attached hydrogens (primary N) is 1. The number of anilines is 1. The minimum Gasteiger partial charge on any atom is -0.404 e. The number of benzene rings is 2. The second-order valence-corrected chi connectivity index (χ2v) is 8.60. The first-order valence-corrected chi connectivity index (χ1v) is 11.1. The van der Waals surface area contributed by atoms with Crippen molar-refractivity contribution in [3.8, 4) is 5.75 Å². The van der Waals surface area contributed by atoms with Crippen LogP contribution in [0.1, 0.15) is 35.7 Å². The largest absolute Gasteiger partial charge is 0.573 e. The molecule has 7 nitrogen and oxygen atoms in total. The van der Waals surface area contributed by atoms with Gasteiger partial charge in [0.2, 0.25) is 5.91 Å². The molecule has 192 valence electrons. The number of aliphatic imine (C=N–C) groups is 1. The summed E-state index contributed by atoms with van der Waals surface area (Å²) in [6.07, 6.45) is -2.40. The number of nitrogens with one attached hydrogen (secondary N) is 1. The number of carbonyl (C=O) groups is 2. The molecule has 3 N–H and O–H groups in total. The molecule has 0 aromatic heterocycles. The molecule has 2 aromatic carbocycles. The van der Waals surface area contributed by atoms with Crippen LogP contribution in [-0.2, 0) is 4.79 Å². The van der Waals surface area contributed by atoms with Crippen LogP contribution >= 0.6 is 0 Å². The van der Waals surface area contributed by atoms with Gasteiger partial charge in [-0.3, -0.25) is 14.6 Å². The average Bonchev–Trinajstić information content (AvgIpc) is 2.80. The Balaban J connectivity index is 2.10. The van der Waals surface area contributed by atoms with Gasteiger partial charge in [0.1, 0.15) is 0 Å². The maximum absolute atomic E-state index is 13.9. The van der Waals surface area contributed by atoms with Gasteiger partial charge in [0.25, 0.3) is 5.91 Å². The van der Waals surface area contributed by atoms with E-state index < -0.39 is 35.8 Å². The van der Waals surface area contributed by atoms with Crippen molar-refractivity contribution in [2.75, 3.05) is 18.9 Å². The van der Waals surface area contributed by atoms with Crippen LogP contribution in [0.3, 0.4) is 0 Å². The number of halogens is 4. The zero-order valence-electron chi connectivity index (χ0n) is 19.8. The van der Waals surface area contributed by atoms with Gasteiger partial charge in [0, 0.05) is 48.9 Å². The molecule has 3 rings (SSSR count). The number of ether oxygens (including phenoxy) is 1. The third kappa shape index (κ3) is 5.84. The molecular weight excluding hydrogens is 480 g/mol. The Hall–Kier alpha value is -3.89. The number of fused-ring (bicyclic) bond motifs is 1. The van der Waals surface area contributed by atoms with Crippen molar-refractivity contribution in [1.29, 1.82) is 0 Å². The summed E-state index contributed by atoms with van der Waals surface area (Å²) < 4.78 is 55.6. The van der Waals surface area contributed by atoms with E-state index in [0.717, 1.165) is 18.2 Å². The lowest BCUT2D eigenvalue weighted by molar-refractivity contribution is -0.275. The molecule has 1 heterocycles. The van der Waals surface area contributed by atoms with Gasteiger partial charge in [-0.2, -0.15) is 0 Å². The summed E-state index contributed by atoms with van der Waals surface area (Å²) in [5, 5.41) is 2.54. The topological polar surface area (TPSA) is 97.0 Å². The smallest absolute Gasteiger partial charge is 0.404 e. The third-order valence-electron chi connectivity index (χ3n) is 5.52.